The maximum absolute atomic E-state index is 13.6. The largest absolute Gasteiger partial charge is 0.466 e. The summed E-state index contributed by atoms with van der Waals surface area (Å²) in [6.45, 7) is 4.56. The summed E-state index contributed by atoms with van der Waals surface area (Å²) < 4.78 is 96.4. The van der Waals surface area contributed by atoms with E-state index in [0.717, 1.165) is 12.0 Å². The lowest BCUT2D eigenvalue weighted by Gasteiger charge is -2.42. The Balaban J connectivity index is 2.13. The van der Waals surface area contributed by atoms with Crippen molar-refractivity contribution in [2.45, 2.75) is 71.0 Å². The Morgan fingerprint density at radius 1 is 0.907 bits per heavy atom. The second kappa shape index (κ2) is 13.6. The molecule has 2 amide bonds. The van der Waals surface area contributed by atoms with E-state index in [0.29, 0.717) is 28.9 Å². The molecule has 1 aliphatic heterocycles. The lowest BCUT2D eigenvalue weighted by Crippen LogP contribution is -2.47. The number of ether oxygens (including phenoxy) is 3. The number of hydrogen-bond acceptors (Lipinski definition) is 6. The van der Waals surface area contributed by atoms with Gasteiger partial charge in [0.15, 0.2) is 0 Å². The number of fused-ring (bicyclic) bond motifs is 1. The summed E-state index contributed by atoms with van der Waals surface area (Å²) in [7, 11) is 1.04. The Kier molecular flexibility index (Phi) is 10.6. The molecule has 43 heavy (non-hydrogen) atoms. The third kappa shape index (κ3) is 8.11. The van der Waals surface area contributed by atoms with E-state index in [-0.39, 0.29) is 38.5 Å². The van der Waals surface area contributed by atoms with Gasteiger partial charge in [-0.05, 0) is 74.6 Å². The average molecular weight is 619 g/mol. The van der Waals surface area contributed by atoms with Crippen molar-refractivity contribution in [1.29, 1.82) is 0 Å². The van der Waals surface area contributed by atoms with E-state index in [9.17, 15) is 40.7 Å². The first-order valence-electron chi connectivity index (χ1n) is 13.5. The number of carbonyl (C=O) groups excluding carboxylic acids is 3. The van der Waals surface area contributed by atoms with Crippen molar-refractivity contribution in [3.05, 3.63) is 64.2 Å². The fourth-order valence-electron chi connectivity index (χ4n) is 5.01. The molecule has 0 saturated heterocycles. The lowest BCUT2D eigenvalue weighted by atomic mass is 9.88. The SMILES string of the molecule is CCOC(=O)CCc1ccc2c(c1)[C@H](N(Cc1cc(C(F)(F)F)cc(C(F)(F)F)c1)C(=O)OC)C[C@H](C)N2C(=O)OCC. The van der Waals surface area contributed by atoms with Gasteiger partial charge < -0.3 is 14.2 Å². The van der Waals surface area contributed by atoms with Gasteiger partial charge in [0.25, 0.3) is 0 Å². The average Bonchev–Trinajstić information content (AvgIpc) is 2.93. The summed E-state index contributed by atoms with van der Waals surface area (Å²) >= 11 is 0. The smallest absolute Gasteiger partial charge is 0.416 e. The van der Waals surface area contributed by atoms with Crippen LogP contribution in [-0.4, -0.2) is 49.4 Å². The van der Waals surface area contributed by atoms with Gasteiger partial charge in [0.2, 0.25) is 0 Å². The van der Waals surface area contributed by atoms with Crippen LogP contribution in [0.3, 0.4) is 0 Å². The zero-order chi connectivity index (χ0) is 32.1. The maximum atomic E-state index is 13.6. The van der Waals surface area contributed by atoms with Crippen molar-refractivity contribution in [3.63, 3.8) is 0 Å². The van der Waals surface area contributed by atoms with Crippen LogP contribution in [0.4, 0.5) is 41.6 Å². The number of amides is 2. The van der Waals surface area contributed by atoms with E-state index in [4.69, 9.17) is 14.2 Å². The normalized spacial score (nSPS) is 16.7. The van der Waals surface area contributed by atoms with Gasteiger partial charge in [-0.3, -0.25) is 14.6 Å². The van der Waals surface area contributed by atoms with Gasteiger partial charge in [0.1, 0.15) is 0 Å². The molecule has 0 N–H and O–H groups in total. The van der Waals surface area contributed by atoms with Crippen LogP contribution in [0.25, 0.3) is 0 Å². The molecular weight excluding hydrogens is 586 g/mol. The molecule has 0 bridgehead atoms. The minimum atomic E-state index is -5.08. The van der Waals surface area contributed by atoms with Crippen molar-refractivity contribution in [2.24, 2.45) is 0 Å². The Morgan fingerprint density at radius 3 is 2.05 bits per heavy atom. The molecular formula is C29H32F6N2O6. The number of aryl methyl sites for hydroxylation is 1. The van der Waals surface area contributed by atoms with Gasteiger partial charge in [-0.1, -0.05) is 12.1 Å². The number of anilines is 1. The molecule has 2 atom stereocenters. The van der Waals surface area contributed by atoms with E-state index in [1.54, 1.807) is 39.0 Å². The molecule has 2 aromatic rings. The first kappa shape index (κ1) is 33.5. The molecule has 0 spiro atoms. The molecule has 0 unspecified atom stereocenters. The predicted molar refractivity (Wildman–Crippen MR) is 142 cm³/mol. The zero-order valence-corrected chi connectivity index (χ0v) is 24.0. The highest BCUT2D eigenvalue weighted by Gasteiger charge is 2.41. The van der Waals surface area contributed by atoms with Crippen molar-refractivity contribution < 1.29 is 54.9 Å². The molecule has 1 aliphatic rings. The minimum absolute atomic E-state index is 0.0109. The first-order chi connectivity index (χ1) is 20.1. The summed E-state index contributed by atoms with van der Waals surface area (Å²) in [4.78, 5) is 40.3. The summed E-state index contributed by atoms with van der Waals surface area (Å²) in [5, 5.41) is 0. The molecule has 1 heterocycles. The Bertz CT molecular complexity index is 1300. The minimum Gasteiger partial charge on any atom is -0.466 e. The van der Waals surface area contributed by atoms with Crippen LogP contribution in [0.1, 0.15) is 67.5 Å². The van der Waals surface area contributed by atoms with Crippen molar-refractivity contribution >= 4 is 23.8 Å². The number of rotatable bonds is 8. The second-order valence-corrected chi connectivity index (χ2v) is 9.88. The fraction of sp³-hybridized carbons (Fsp3) is 0.483. The van der Waals surface area contributed by atoms with Crippen LogP contribution in [-0.2, 0) is 44.3 Å². The van der Waals surface area contributed by atoms with E-state index < -0.39 is 65.8 Å². The van der Waals surface area contributed by atoms with Gasteiger partial charge in [0, 0.05) is 19.0 Å². The molecule has 3 rings (SSSR count). The van der Waals surface area contributed by atoms with Gasteiger partial charge in [-0.2, -0.15) is 26.3 Å². The first-order valence-corrected chi connectivity index (χ1v) is 13.5. The molecule has 0 aromatic heterocycles. The topological polar surface area (TPSA) is 85.4 Å². The number of hydrogen-bond donors (Lipinski definition) is 0. The molecule has 0 aliphatic carbocycles. The van der Waals surface area contributed by atoms with E-state index in [1.165, 1.54) is 4.90 Å². The standard InChI is InChI=1S/C29H32F6N2O6/c1-5-42-25(38)10-8-18-7-9-23-22(14-18)24(11-17(3)37(23)27(40)43-6-2)36(26(39)41-4)16-19-12-20(28(30,31)32)15-21(13-19)29(33,34)35/h7,9,12-15,17,24H,5-6,8,10-11,16H2,1-4H3/t17-,24+/m0/s1. The van der Waals surface area contributed by atoms with E-state index >= 15 is 0 Å². The Labute approximate surface area is 244 Å². The maximum Gasteiger partial charge on any atom is 0.416 e. The van der Waals surface area contributed by atoms with Gasteiger partial charge >= 0.3 is 30.5 Å². The van der Waals surface area contributed by atoms with Crippen LogP contribution >= 0.6 is 0 Å². The van der Waals surface area contributed by atoms with Crippen LogP contribution in [0.5, 0.6) is 0 Å². The molecule has 0 saturated carbocycles. The number of methoxy groups -OCH3 is 1. The highest BCUT2D eigenvalue weighted by atomic mass is 19.4. The van der Waals surface area contributed by atoms with Gasteiger partial charge in [-0.25, -0.2) is 9.59 Å². The third-order valence-corrected chi connectivity index (χ3v) is 6.89. The molecule has 8 nitrogen and oxygen atoms in total. The Hall–Kier alpha value is -3.97. The van der Waals surface area contributed by atoms with Crippen LogP contribution in [0, 0.1) is 0 Å². The number of halogens is 6. The summed E-state index contributed by atoms with van der Waals surface area (Å²) in [5.74, 6) is -0.445. The van der Waals surface area contributed by atoms with Crippen molar-refractivity contribution in [3.8, 4) is 0 Å². The van der Waals surface area contributed by atoms with E-state index in [2.05, 4.69) is 0 Å². The lowest BCUT2D eigenvalue weighted by molar-refractivity contribution is -0.144. The number of alkyl halides is 6. The number of benzene rings is 2. The van der Waals surface area contributed by atoms with E-state index in [1.807, 2.05) is 0 Å². The second-order valence-electron chi connectivity index (χ2n) is 9.88. The quantitative estimate of drug-likeness (QED) is 0.176. The van der Waals surface area contributed by atoms with Gasteiger partial charge in [-0.15, -0.1) is 0 Å². The summed E-state index contributed by atoms with van der Waals surface area (Å²) in [6.07, 6.45) is -11.5. The number of nitrogens with zero attached hydrogens (tertiary/aromatic N) is 2. The highest BCUT2D eigenvalue weighted by Crippen LogP contribution is 2.43. The van der Waals surface area contributed by atoms with Gasteiger partial charge in [0.05, 0.1) is 43.2 Å². The van der Waals surface area contributed by atoms with Crippen LogP contribution in [0.15, 0.2) is 36.4 Å². The molecule has 2 aromatic carbocycles. The van der Waals surface area contributed by atoms with Crippen molar-refractivity contribution in [2.75, 3.05) is 25.2 Å². The predicted octanol–water partition coefficient (Wildman–Crippen LogP) is 7.28. The van der Waals surface area contributed by atoms with Crippen molar-refractivity contribution in [1.82, 2.24) is 4.90 Å². The summed E-state index contributed by atoms with van der Waals surface area (Å²) in [5.41, 5.74) is -2.13. The number of esters is 1. The van der Waals surface area contributed by atoms with Crippen LogP contribution in [0.2, 0.25) is 0 Å². The molecule has 236 valence electrons. The monoisotopic (exact) mass is 618 g/mol. The highest BCUT2D eigenvalue weighted by molar-refractivity contribution is 5.90. The Morgan fingerprint density at radius 2 is 1.51 bits per heavy atom. The number of carbonyl (C=O) groups is 3. The molecule has 0 fully saturated rings. The fourth-order valence-corrected chi connectivity index (χ4v) is 5.01. The molecule has 0 radical (unpaired) electrons. The zero-order valence-electron chi connectivity index (χ0n) is 24.0. The third-order valence-electron chi connectivity index (χ3n) is 6.89. The summed E-state index contributed by atoms with van der Waals surface area (Å²) in [6, 6.07) is 4.49. The molecule has 14 heteroatoms. The van der Waals surface area contributed by atoms with Crippen LogP contribution < -0.4 is 4.90 Å².